The molecule has 0 N–H and O–H groups in total. The fraction of sp³-hybridized carbons (Fsp3) is 0.520. The molecule has 1 aliphatic carbocycles. The number of allylic oxidation sites excluding steroid dienone is 4. The molecule has 2 rings (SSSR count). The largest absolute Gasteiger partial charge is 0.369 e. The molecule has 1 aliphatic rings. The lowest BCUT2D eigenvalue weighted by Gasteiger charge is -2.28. The van der Waals surface area contributed by atoms with E-state index in [1.54, 1.807) is 0 Å². The molecule has 0 unspecified atom stereocenters. The fourth-order valence-corrected chi connectivity index (χ4v) is 3.20. The minimum absolute atomic E-state index is 0.971. The van der Waals surface area contributed by atoms with Crippen LogP contribution >= 0.6 is 0 Å². The molecule has 0 spiro atoms. The Hall–Kier alpha value is -2.24. The van der Waals surface area contributed by atoms with E-state index in [2.05, 4.69) is 114 Å². The number of hydrogen-bond acceptors (Lipinski definition) is 2. The summed E-state index contributed by atoms with van der Waals surface area (Å²) in [5.74, 6) is 0. The predicted octanol–water partition coefficient (Wildman–Crippen LogP) is 3.21. The molecule has 0 atom stereocenters. The third-order valence-electron chi connectivity index (χ3n) is 5.27. The summed E-state index contributed by atoms with van der Waals surface area (Å²) in [7, 11) is 17.7. The first-order valence-electron chi connectivity index (χ1n) is 10.9. The van der Waals surface area contributed by atoms with Gasteiger partial charge < -0.3 is 13.9 Å². The van der Waals surface area contributed by atoms with Gasteiger partial charge >= 0.3 is 0 Å². The van der Waals surface area contributed by atoms with E-state index < -0.39 is 0 Å². The van der Waals surface area contributed by atoms with Crippen LogP contribution in [0.5, 0.6) is 0 Å². The molecule has 30 heavy (non-hydrogen) atoms. The lowest BCUT2D eigenvalue weighted by molar-refractivity contribution is -0.871. The van der Waals surface area contributed by atoms with Crippen LogP contribution in [0.15, 0.2) is 53.6 Å². The summed E-state index contributed by atoms with van der Waals surface area (Å²) in [5, 5.41) is 0. The molecular weight excluding hydrogens is 370 g/mol. The zero-order valence-corrected chi connectivity index (χ0v) is 20.4. The highest BCUT2D eigenvalue weighted by Crippen LogP contribution is 2.20. The van der Waals surface area contributed by atoms with Gasteiger partial charge in [-0.3, -0.25) is 0 Å². The molecule has 0 radical (unpaired) electrons. The minimum Gasteiger partial charge on any atom is -0.369 e. The maximum atomic E-state index is 4.78. The van der Waals surface area contributed by atoms with Crippen molar-refractivity contribution < 1.29 is 13.5 Å². The molecule has 5 nitrogen and oxygen atoms in total. The minimum atomic E-state index is 0.971. The van der Waals surface area contributed by atoms with Crippen molar-refractivity contribution in [3.63, 3.8) is 0 Å². The number of aliphatic imine (C=N–C) groups is 1. The van der Waals surface area contributed by atoms with Crippen molar-refractivity contribution in [3.05, 3.63) is 48.6 Å². The quantitative estimate of drug-likeness (QED) is 0.346. The molecule has 164 valence electrons. The molecule has 0 fully saturated rings. The van der Waals surface area contributed by atoms with Gasteiger partial charge in [0.2, 0.25) is 0 Å². The summed E-state index contributed by atoms with van der Waals surface area (Å²) in [6.45, 7) is 4.38. The third-order valence-corrected chi connectivity index (χ3v) is 5.27. The highest BCUT2D eigenvalue weighted by atomic mass is 15.3. The van der Waals surface area contributed by atoms with Gasteiger partial charge in [0.25, 0.3) is 0 Å². The Morgan fingerprint density at radius 1 is 0.833 bits per heavy atom. The standard InChI is InChI=1S/C25H42N5/c1-27(18-9-20-29(3,4)5)24-14-10-22(11-15-24)26-23-12-16-25(17-13-23)28(2)19-21-30(6,7)8/h10-17H,9,18-21H2,1-8H3/q+3. The molecule has 0 saturated heterocycles. The van der Waals surface area contributed by atoms with Gasteiger partial charge in [-0.25, -0.2) is 9.57 Å². The van der Waals surface area contributed by atoms with Crippen LogP contribution in [0.4, 0.5) is 11.4 Å². The highest BCUT2D eigenvalue weighted by molar-refractivity contribution is 6.17. The number of benzene rings is 1. The summed E-state index contributed by atoms with van der Waals surface area (Å²) in [6.07, 6.45) is 9.72. The first-order chi connectivity index (χ1) is 13.9. The van der Waals surface area contributed by atoms with Crippen LogP contribution in [-0.4, -0.2) is 108 Å². The lowest BCUT2D eigenvalue weighted by atomic mass is 10.1. The van der Waals surface area contributed by atoms with Crippen LogP contribution in [0.1, 0.15) is 6.42 Å². The van der Waals surface area contributed by atoms with Crippen LogP contribution in [-0.2, 0) is 0 Å². The maximum Gasteiger partial charge on any atom is 0.199 e. The number of anilines is 1. The molecule has 0 saturated carbocycles. The summed E-state index contributed by atoms with van der Waals surface area (Å²) < 4.78 is 4.30. The second-order valence-electron chi connectivity index (χ2n) is 10.4. The number of rotatable bonds is 9. The maximum absolute atomic E-state index is 4.78. The van der Waals surface area contributed by atoms with Crippen molar-refractivity contribution in [1.29, 1.82) is 0 Å². The van der Waals surface area contributed by atoms with Gasteiger partial charge in [-0.15, -0.1) is 0 Å². The monoisotopic (exact) mass is 412 g/mol. The lowest BCUT2D eigenvalue weighted by Crippen LogP contribution is -2.41. The van der Waals surface area contributed by atoms with E-state index in [4.69, 9.17) is 4.99 Å². The smallest absolute Gasteiger partial charge is 0.199 e. The van der Waals surface area contributed by atoms with Crippen molar-refractivity contribution in [3.8, 4) is 0 Å². The second-order valence-corrected chi connectivity index (χ2v) is 10.4. The Labute approximate surface area is 184 Å². The number of quaternary nitrogens is 2. The Morgan fingerprint density at radius 3 is 1.93 bits per heavy atom. The topological polar surface area (TPSA) is 18.6 Å². The predicted molar refractivity (Wildman–Crippen MR) is 132 cm³/mol. The third kappa shape index (κ3) is 8.64. The molecule has 1 aromatic rings. The van der Waals surface area contributed by atoms with Gasteiger partial charge in [0.1, 0.15) is 13.6 Å². The van der Waals surface area contributed by atoms with Crippen LogP contribution in [0.3, 0.4) is 0 Å². The second kappa shape index (κ2) is 10.2. The normalized spacial score (nSPS) is 14.3. The Balaban J connectivity index is 1.95. The van der Waals surface area contributed by atoms with E-state index in [0.717, 1.165) is 40.0 Å². The van der Waals surface area contributed by atoms with Crippen LogP contribution < -0.4 is 4.90 Å². The van der Waals surface area contributed by atoms with Gasteiger partial charge in [-0.1, -0.05) is 0 Å². The van der Waals surface area contributed by atoms with Crippen molar-refractivity contribution in [2.75, 3.05) is 87.5 Å². The number of nitrogens with zero attached hydrogens (tertiary/aromatic N) is 5. The van der Waals surface area contributed by atoms with Crippen molar-refractivity contribution in [2.45, 2.75) is 6.42 Å². The van der Waals surface area contributed by atoms with Gasteiger partial charge in [0.15, 0.2) is 5.71 Å². The van der Waals surface area contributed by atoms with Gasteiger partial charge in [0, 0.05) is 24.9 Å². The molecule has 0 amide bonds. The Morgan fingerprint density at radius 2 is 1.40 bits per heavy atom. The Kier molecular flexibility index (Phi) is 8.16. The molecular formula is C25H42N5+3. The molecule has 1 aromatic carbocycles. The van der Waals surface area contributed by atoms with E-state index in [1.807, 2.05) is 0 Å². The molecule has 5 heteroatoms. The van der Waals surface area contributed by atoms with Crippen LogP contribution in [0.2, 0.25) is 0 Å². The SMILES string of the molecule is CN(CC[N+](C)(C)C)c1ccc(N=C2C=CC(=[N+](C)CCC[N+](C)(C)C)C=C2)cc1. The summed E-state index contributed by atoms with van der Waals surface area (Å²) in [4.78, 5) is 7.08. The van der Waals surface area contributed by atoms with E-state index in [9.17, 15) is 0 Å². The fourth-order valence-electron chi connectivity index (χ4n) is 3.20. The van der Waals surface area contributed by atoms with E-state index in [-0.39, 0.29) is 0 Å². The number of likely N-dealkylation sites (N-methyl/N-ethyl adjacent to an activating group) is 2. The molecule has 0 aromatic heterocycles. The zero-order chi connectivity index (χ0) is 22.4. The van der Waals surface area contributed by atoms with Crippen LogP contribution in [0.25, 0.3) is 0 Å². The summed E-state index contributed by atoms with van der Waals surface area (Å²) in [6, 6.07) is 8.51. The van der Waals surface area contributed by atoms with Crippen molar-refractivity contribution >= 4 is 22.8 Å². The zero-order valence-electron chi connectivity index (χ0n) is 20.4. The summed E-state index contributed by atoms with van der Waals surface area (Å²) >= 11 is 0. The average Bonchev–Trinajstić information content (AvgIpc) is 2.65. The van der Waals surface area contributed by atoms with Crippen LogP contribution in [0, 0.1) is 0 Å². The van der Waals surface area contributed by atoms with Gasteiger partial charge in [0.05, 0.1) is 79.7 Å². The van der Waals surface area contributed by atoms with Gasteiger partial charge in [-0.2, -0.15) is 0 Å². The average molecular weight is 413 g/mol. The molecule has 0 heterocycles. The molecule has 0 aliphatic heterocycles. The highest BCUT2D eigenvalue weighted by Gasteiger charge is 2.12. The van der Waals surface area contributed by atoms with Crippen molar-refractivity contribution in [1.82, 2.24) is 0 Å². The Bertz CT molecular complexity index is 797. The summed E-state index contributed by atoms with van der Waals surface area (Å²) in [5.41, 5.74) is 4.45. The first kappa shape index (κ1) is 24.0. The van der Waals surface area contributed by atoms with Crippen molar-refractivity contribution in [2.24, 2.45) is 4.99 Å². The first-order valence-corrected chi connectivity index (χ1v) is 10.9. The molecule has 0 bridgehead atoms. The number of hydrogen-bond donors (Lipinski definition) is 0. The van der Waals surface area contributed by atoms with E-state index >= 15 is 0 Å². The van der Waals surface area contributed by atoms with E-state index in [0.29, 0.717) is 0 Å². The van der Waals surface area contributed by atoms with E-state index in [1.165, 1.54) is 24.4 Å². The van der Waals surface area contributed by atoms with Gasteiger partial charge in [-0.05, 0) is 36.4 Å².